The molecule has 0 amide bonds. The lowest BCUT2D eigenvalue weighted by Gasteiger charge is -2.06. The quantitative estimate of drug-likeness (QED) is 0.551. The van der Waals surface area contributed by atoms with E-state index in [9.17, 15) is 10.1 Å². The average molecular weight is 181 g/mol. The van der Waals surface area contributed by atoms with Crippen molar-refractivity contribution in [1.29, 1.82) is 0 Å². The highest BCUT2D eigenvalue weighted by Gasteiger charge is 2.11. The third-order valence-electron chi connectivity index (χ3n) is 1.75. The summed E-state index contributed by atoms with van der Waals surface area (Å²) in [6.45, 7) is 3.56. The Morgan fingerprint density at radius 3 is 2.69 bits per heavy atom. The first kappa shape index (κ1) is 9.60. The van der Waals surface area contributed by atoms with Gasteiger partial charge < -0.3 is 5.73 Å². The third kappa shape index (κ3) is 2.00. The van der Waals surface area contributed by atoms with Crippen LogP contribution in [-0.2, 0) is 0 Å². The molecular formula is C8H11N3O2. The summed E-state index contributed by atoms with van der Waals surface area (Å²) in [6.07, 6.45) is 1.23. The van der Waals surface area contributed by atoms with Gasteiger partial charge >= 0.3 is 0 Å². The zero-order valence-corrected chi connectivity index (χ0v) is 7.52. The van der Waals surface area contributed by atoms with E-state index in [1.807, 2.05) is 0 Å². The van der Waals surface area contributed by atoms with E-state index in [0.717, 1.165) is 5.56 Å². The first-order valence-electron chi connectivity index (χ1n) is 3.89. The topological polar surface area (TPSA) is 82.0 Å². The van der Waals surface area contributed by atoms with Crippen molar-refractivity contribution in [3.63, 3.8) is 0 Å². The molecule has 1 atom stereocenters. The van der Waals surface area contributed by atoms with Gasteiger partial charge in [0.05, 0.1) is 10.6 Å². The lowest BCUT2D eigenvalue weighted by molar-refractivity contribution is -0.385. The van der Waals surface area contributed by atoms with Crippen molar-refractivity contribution < 1.29 is 4.92 Å². The van der Waals surface area contributed by atoms with Crippen molar-refractivity contribution in [2.24, 2.45) is 5.73 Å². The van der Waals surface area contributed by atoms with Gasteiger partial charge in [-0.25, -0.2) is 0 Å². The smallest absolute Gasteiger partial charge is 0.287 e. The van der Waals surface area contributed by atoms with E-state index >= 15 is 0 Å². The molecule has 0 fully saturated rings. The van der Waals surface area contributed by atoms with E-state index in [-0.39, 0.29) is 11.7 Å². The van der Waals surface area contributed by atoms with Crippen molar-refractivity contribution in [2.45, 2.75) is 19.9 Å². The van der Waals surface area contributed by atoms with E-state index < -0.39 is 4.92 Å². The molecule has 1 heterocycles. The SMILES string of the molecule is Cc1cc([N+](=O)[O-])cnc1[C@@H](C)N. The van der Waals surface area contributed by atoms with Gasteiger partial charge in [0.2, 0.25) is 0 Å². The molecule has 0 bridgehead atoms. The second-order valence-electron chi connectivity index (χ2n) is 2.94. The molecule has 1 rings (SSSR count). The van der Waals surface area contributed by atoms with Crippen molar-refractivity contribution in [1.82, 2.24) is 4.98 Å². The first-order chi connectivity index (χ1) is 6.02. The predicted octanol–water partition coefficient (Wildman–Crippen LogP) is 1.32. The molecule has 0 aliphatic rings. The summed E-state index contributed by atoms with van der Waals surface area (Å²) in [5.41, 5.74) is 7.06. The number of nitro groups is 1. The number of aryl methyl sites for hydroxylation is 1. The zero-order chi connectivity index (χ0) is 10.0. The van der Waals surface area contributed by atoms with Gasteiger partial charge in [0.15, 0.2) is 0 Å². The van der Waals surface area contributed by atoms with Gasteiger partial charge in [-0.1, -0.05) is 0 Å². The molecule has 1 aromatic rings. The van der Waals surface area contributed by atoms with Crippen molar-refractivity contribution in [3.05, 3.63) is 33.6 Å². The number of pyridine rings is 1. The molecule has 0 saturated heterocycles. The Labute approximate surface area is 75.7 Å². The minimum atomic E-state index is -0.467. The normalized spacial score (nSPS) is 12.5. The van der Waals surface area contributed by atoms with Crippen LogP contribution >= 0.6 is 0 Å². The fourth-order valence-electron chi connectivity index (χ4n) is 1.15. The Balaban J connectivity index is 3.13. The number of nitrogens with two attached hydrogens (primary N) is 1. The predicted molar refractivity (Wildman–Crippen MR) is 48.2 cm³/mol. The lowest BCUT2D eigenvalue weighted by Crippen LogP contribution is -2.09. The monoisotopic (exact) mass is 181 g/mol. The number of hydrogen-bond acceptors (Lipinski definition) is 4. The van der Waals surface area contributed by atoms with Crippen LogP contribution in [0.1, 0.15) is 24.2 Å². The molecule has 13 heavy (non-hydrogen) atoms. The number of rotatable bonds is 2. The van der Waals surface area contributed by atoms with E-state index in [1.54, 1.807) is 13.8 Å². The molecule has 70 valence electrons. The number of nitrogens with zero attached hydrogens (tertiary/aromatic N) is 2. The molecule has 0 radical (unpaired) electrons. The van der Waals surface area contributed by atoms with Gasteiger partial charge in [-0.3, -0.25) is 15.1 Å². The Morgan fingerprint density at radius 1 is 1.69 bits per heavy atom. The highest BCUT2D eigenvalue weighted by molar-refractivity contribution is 5.34. The minimum absolute atomic E-state index is 0.00176. The molecule has 0 unspecified atom stereocenters. The molecular weight excluding hydrogens is 170 g/mol. The van der Waals surface area contributed by atoms with Gasteiger partial charge in [-0.2, -0.15) is 0 Å². The van der Waals surface area contributed by atoms with Crippen molar-refractivity contribution >= 4 is 5.69 Å². The summed E-state index contributed by atoms with van der Waals surface area (Å²) >= 11 is 0. The van der Waals surface area contributed by atoms with Crippen LogP contribution in [0.15, 0.2) is 12.3 Å². The van der Waals surface area contributed by atoms with E-state index in [1.165, 1.54) is 12.3 Å². The summed E-state index contributed by atoms with van der Waals surface area (Å²) in [4.78, 5) is 13.8. The number of hydrogen-bond donors (Lipinski definition) is 1. The fraction of sp³-hybridized carbons (Fsp3) is 0.375. The summed E-state index contributed by atoms with van der Waals surface area (Å²) in [5, 5.41) is 10.4. The van der Waals surface area contributed by atoms with Gasteiger partial charge in [-0.05, 0) is 19.4 Å². The molecule has 0 spiro atoms. The molecule has 0 aromatic carbocycles. The summed E-state index contributed by atoms with van der Waals surface area (Å²) < 4.78 is 0. The largest absolute Gasteiger partial charge is 0.323 e. The molecule has 0 aliphatic carbocycles. The standard InChI is InChI=1S/C8H11N3O2/c1-5-3-7(11(12)13)4-10-8(5)6(2)9/h3-4,6H,9H2,1-2H3/t6-/m1/s1. The van der Waals surface area contributed by atoms with Crippen molar-refractivity contribution in [3.8, 4) is 0 Å². The lowest BCUT2D eigenvalue weighted by atomic mass is 10.1. The van der Waals surface area contributed by atoms with E-state index in [0.29, 0.717) is 5.69 Å². The Kier molecular flexibility index (Phi) is 2.57. The van der Waals surface area contributed by atoms with Crippen LogP contribution in [0.4, 0.5) is 5.69 Å². The fourth-order valence-corrected chi connectivity index (χ4v) is 1.15. The zero-order valence-electron chi connectivity index (χ0n) is 7.52. The Hall–Kier alpha value is -1.49. The minimum Gasteiger partial charge on any atom is -0.323 e. The third-order valence-corrected chi connectivity index (χ3v) is 1.75. The van der Waals surface area contributed by atoms with Crippen LogP contribution < -0.4 is 5.73 Å². The maximum Gasteiger partial charge on any atom is 0.287 e. The second-order valence-corrected chi connectivity index (χ2v) is 2.94. The Bertz CT molecular complexity index is 336. The van der Waals surface area contributed by atoms with Crippen LogP contribution in [0.5, 0.6) is 0 Å². The first-order valence-corrected chi connectivity index (χ1v) is 3.89. The van der Waals surface area contributed by atoms with Gasteiger partial charge in [0.1, 0.15) is 6.20 Å². The van der Waals surface area contributed by atoms with Crippen LogP contribution in [0.3, 0.4) is 0 Å². The molecule has 0 saturated carbocycles. The van der Waals surface area contributed by atoms with Crippen LogP contribution in [0.25, 0.3) is 0 Å². The average Bonchev–Trinajstić information content (AvgIpc) is 2.03. The van der Waals surface area contributed by atoms with Crippen LogP contribution in [0, 0.1) is 17.0 Å². The van der Waals surface area contributed by atoms with E-state index in [4.69, 9.17) is 5.73 Å². The highest BCUT2D eigenvalue weighted by Crippen LogP contribution is 2.17. The molecule has 5 nitrogen and oxygen atoms in total. The van der Waals surface area contributed by atoms with Gasteiger partial charge in [0.25, 0.3) is 5.69 Å². The van der Waals surface area contributed by atoms with Crippen molar-refractivity contribution in [2.75, 3.05) is 0 Å². The summed E-state index contributed by atoms with van der Waals surface area (Å²) in [7, 11) is 0. The Morgan fingerprint density at radius 2 is 2.31 bits per heavy atom. The van der Waals surface area contributed by atoms with E-state index in [2.05, 4.69) is 4.98 Å². The van der Waals surface area contributed by atoms with Crippen LogP contribution in [-0.4, -0.2) is 9.91 Å². The van der Waals surface area contributed by atoms with Gasteiger partial charge in [0, 0.05) is 12.1 Å². The summed E-state index contributed by atoms with van der Waals surface area (Å²) in [6, 6.07) is 1.28. The van der Waals surface area contributed by atoms with Gasteiger partial charge in [-0.15, -0.1) is 0 Å². The summed E-state index contributed by atoms with van der Waals surface area (Å²) in [5.74, 6) is 0. The molecule has 0 aliphatic heterocycles. The molecule has 1 aromatic heterocycles. The maximum absolute atomic E-state index is 10.4. The second kappa shape index (κ2) is 3.49. The molecule has 2 N–H and O–H groups in total. The number of aromatic nitrogens is 1. The molecule has 5 heteroatoms. The highest BCUT2D eigenvalue weighted by atomic mass is 16.6. The van der Waals surface area contributed by atoms with Crippen LogP contribution in [0.2, 0.25) is 0 Å². The maximum atomic E-state index is 10.4.